The quantitative estimate of drug-likeness (QED) is 0.812. The Kier molecular flexibility index (Phi) is 2.19. The number of carbonyl (C=O) groups is 1. The zero-order chi connectivity index (χ0) is 11.0. The normalized spacial score (nSPS) is 10.8. The fraction of sp³-hybridized carbons (Fsp3) is 0.273. The van der Waals surface area contributed by atoms with Crippen LogP contribution in [0.2, 0.25) is 0 Å². The van der Waals surface area contributed by atoms with Crippen molar-refractivity contribution in [3.05, 3.63) is 35.3 Å². The van der Waals surface area contributed by atoms with Crippen molar-refractivity contribution in [1.82, 2.24) is 9.38 Å². The number of carboxylic acid groups (broad SMARTS) is 1. The summed E-state index contributed by atoms with van der Waals surface area (Å²) in [7, 11) is 0. The molecule has 0 aliphatic rings. The number of aromatic carboxylic acids is 1. The summed E-state index contributed by atoms with van der Waals surface area (Å²) in [5.41, 5.74) is 2.68. The van der Waals surface area contributed by atoms with E-state index in [1.807, 2.05) is 26.0 Å². The molecule has 2 aromatic heterocycles. The fourth-order valence-corrected chi connectivity index (χ4v) is 1.67. The minimum Gasteiger partial charge on any atom is -0.477 e. The maximum Gasteiger partial charge on any atom is 0.354 e. The molecule has 2 aromatic rings. The average molecular weight is 204 g/mol. The second kappa shape index (κ2) is 3.38. The first-order chi connectivity index (χ1) is 7.13. The molecular weight excluding hydrogens is 192 g/mol. The van der Waals surface area contributed by atoms with Crippen LogP contribution in [0.15, 0.2) is 18.3 Å². The van der Waals surface area contributed by atoms with Gasteiger partial charge in [-0.2, -0.15) is 0 Å². The summed E-state index contributed by atoms with van der Waals surface area (Å²) in [5.74, 6) is -0.928. The number of nitrogens with zero attached hydrogens (tertiary/aromatic N) is 2. The van der Waals surface area contributed by atoms with E-state index in [9.17, 15) is 4.79 Å². The Morgan fingerprint density at radius 2 is 2.33 bits per heavy atom. The Bertz CT molecular complexity index is 529. The molecule has 0 spiro atoms. The minimum absolute atomic E-state index is 0.271. The highest BCUT2D eigenvalue weighted by molar-refractivity contribution is 5.88. The molecule has 0 atom stereocenters. The lowest BCUT2D eigenvalue weighted by atomic mass is 10.2. The van der Waals surface area contributed by atoms with Crippen molar-refractivity contribution in [3.63, 3.8) is 0 Å². The van der Waals surface area contributed by atoms with Gasteiger partial charge in [0.1, 0.15) is 5.65 Å². The van der Waals surface area contributed by atoms with Crippen LogP contribution in [-0.2, 0) is 6.42 Å². The van der Waals surface area contributed by atoms with E-state index < -0.39 is 5.97 Å². The molecule has 0 aromatic carbocycles. The molecule has 0 fully saturated rings. The van der Waals surface area contributed by atoms with Gasteiger partial charge in [-0.05, 0) is 31.0 Å². The Balaban J connectivity index is 2.80. The molecule has 15 heavy (non-hydrogen) atoms. The summed E-state index contributed by atoms with van der Waals surface area (Å²) in [6.07, 6.45) is 2.38. The number of aryl methyl sites for hydroxylation is 2. The van der Waals surface area contributed by atoms with Crippen LogP contribution in [0.4, 0.5) is 0 Å². The maximum atomic E-state index is 11.1. The van der Waals surface area contributed by atoms with Crippen molar-refractivity contribution in [3.8, 4) is 0 Å². The summed E-state index contributed by atoms with van der Waals surface area (Å²) in [6, 6.07) is 3.76. The Morgan fingerprint density at radius 3 is 2.93 bits per heavy atom. The summed E-state index contributed by atoms with van der Waals surface area (Å²) in [5, 5.41) is 9.09. The molecule has 0 unspecified atom stereocenters. The number of rotatable bonds is 2. The molecule has 2 heterocycles. The van der Waals surface area contributed by atoms with Crippen LogP contribution in [0.5, 0.6) is 0 Å². The van der Waals surface area contributed by atoms with Gasteiger partial charge < -0.3 is 5.11 Å². The summed E-state index contributed by atoms with van der Waals surface area (Å²) < 4.78 is 1.62. The van der Waals surface area contributed by atoms with Gasteiger partial charge in [-0.1, -0.05) is 6.92 Å². The average Bonchev–Trinajstić information content (AvgIpc) is 2.54. The number of pyridine rings is 1. The monoisotopic (exact) mass is 204 g/mol. The zero-order valence-corrected chi connectivity index (χ0v) is 8.69. The van der Waals surface area contributed by atoms with Crippen molar-refractivity contribution in [2.75, 3.05) is 0 Å². The van der Waals surface area contributed by atoms with Crippen molar-refractivity contribution in [1.29, 1.82) is 0 Å². The molecule has 0 aliphatic carbocycles. The van der Waals surface area contributed by atoms with E-state index in [0.717, 1.165) is 5.56 Å². The maximum absolute atomic E-state index is 11.1. The SMILES string of the molecule is CCc1nc2cc(C)ccn2c1C(=O)O. The third-order valence-electron chi connectivity index (χ3n) is 2.39. The van der Waals surface area contributed by atoms with E-state index in [1.165, 1.54) is 0 Å². The van der Waals surface area contributed by atoms with Gasteiger partial charge in [0.25, 0.3) is 0 Å². The number of imidazole rings is 1. The molecule has 0 radical (unpaired) electrons. The number of aromatic nitrogens is 2. The number of carboxylic acids is 1. The smallest absolute Gasteiger partial charge is 0.354 e. The Morgan fingerprint density at radius 1 is 1.60 bits per heavy atom. The highest BCUT2D eigenvalue weighted by atomic mass is 16.4. The third kappa shape index (κ3) is 1.48. The standard InChI is InChI=1S/C11H12N2O2/c1-3-8-10(11(14)15)13-5-4-7(2)6-9(13)12-8/h4-6H,3H2,1-2H3,(H,14,15). The molecule has 4 heteroatoms. The predicted molar refractivity (Wildman–Crippen MR) is 56.3 cm³/mol. The van der Waals surface area contributed by atoms with Crippen molar-refractivity contribution < 1.29 is 9.90 Å². The van der Waals surface area contributed by atoms with Crippen LogP contribution in [0, 0.1) is 6.92 Å². The lowest BCUT2D eigenvalue weighted by Crippen LogP contribution is -2.04. The first-order valence-electron chi connectivity index (χ1n) is 4.84. The fourth-order valence-electron chi connectivity index (χ4n) is 1.67. The van der Waals surface area contributed by atoms with Crippen molar-refractivity contribution >= 4 is 11.6 Å². The summed E-state index contributed by atoms with van der Waals surface area (Å²) in [4.78, 5) is 15.4. The lowest BCUT2D eigenvalue weighted by molar-refractivity contribution is 0.0688. The van der Waals surface area contributed by atoms with Gasteiger partial charge in [0, 0.05) is 6.20 Å². The van der Waals surface area contributed by atoms with Gasteiger partial charge in [0.2, 0.25) is 0 Å². The highest BCUT2D eigenvalue weighted by Crippen LogP contribution is 2.14. The minimum atomic E-state index is -0.928. The Labute approximate surface area is 87.2 Å². The van der Waals surface area contributed by atoms with E-state index in [2.05, 4.69) is 4.98 Å². The van der Waals surface area contributed by atoms with E-state index in [4.69, 9.17) is 5.11 Å². The van der Waals surface area contributed by atoms with E-state index in [-0.39, 0.29) is 5.69 Å². The van der Waals surface area contributed by atoms with E-state index in [1.54, 1.807) is 10.6 Å². The lowest BCUT2D eigenvalue weighted by Gasteiger charge is -1.98. The molecule has 0 saturated carbocycles. The molecular formula is C11H12N2O2. The van der Waals surface area contributed by atoms with Crippen LogP contribution >= 0.6 is 0 Å². The van der Waals surface area contributed by atoms with Crippen LogP contribution in [-0.4, -0.2) is 20.5 Å². The molecule has 78 valence electrons. The number of hydrogen-bond acceptors (Lipinski definition) is 2. The topological polar surface area (TPSA) is 54.6 Å². The van der Waals surface area contributed by atoms with Gasteiger partial charge >= 0.3 is 5.97 Å². The molecule has 1 N–H and O–H groups in total. The molecule has 0 saturated heterocycles. The van der Waals surface area contributed by atoms with Gasteiger partial charge in [0.15, 0.2) is 5.69 Å². The Hall–Kier alpha value is -1.84. The number of fused-ring (bicyclic) bond motifs is 1. The van der Waals surface area contributed by atoms with Crippen LogP contribution < -0.4 is 0 Å². The first kappa shape index (κ1) is 9.71. The molecule has 0 aliphatic heterocycles. The van der Waals surface area contributed by atoms with E-state index in [0.29, 0.717) is 17.8 Å². The van der Waals surface area contributed by atoms with Crippen LogP contribution in [0.3, 0.4) is 0 Å². The van der Waals surface area contributed by atoms with Crippen LogP contribution in [0.25, 0.3) is 5.65 Å². The summed E-state index contributed by atoms with van der Waals surface area (Å²) >= 11 is 0. The molecule has 4 nitrogen and oxygen atoms in total. The van der Waals surface area contributed by atoms with Gasteiger partial charge in [-0.3, -0.25) is 4.40 Å². The molecule has 0 amide bonds. The van der Waals surface area contributed by atoms with Gasteiger partial charge in [0.05, 0.1) is 5.69 Å². The van der Waals surface area contributed by atoms with Crippen molar-refractivity contribution in [2.24, 2.45) is 0 Å². The molecule has 0 bridgehead atoms. The second-order valence-electron chi connectivity index (χ2n) is 3.50. The largest absolute Gasteiger partial charge is 0.477 e. The predicted octanol–water partition coefficient (Wildman–Crippen LogP) is 1.90. The zero-order valence-electron chi connectivity index (χ0n) is 8.69. The first-order valence-corrected chi connectivity index (χ1v) is 4.84. The summed E-state index contributed by atoms with van der Waals surface area (Å²) in [6.45, 7) is 3.86. The molecule has 2 rings (SSSR count). The highest BCUT2D eigenvalue weighted by Gasteiger charge is 2.16. The van der Waals surface area contributed by atoms with Gasteiger partial charge in [-0.25, -0.2) is 9.78 Å². The number of hydrogen-bond donors (Lipinski definition) is 1. The second-order valence-corrected chi connectivity index (χ2v) is 3.50. The van der Waals surface area contributed by atoms with Gasteiger partial charge in [-0.15, -0.1) is 0 Å². The van der Waals surface area contributed by atoms with Crippen molar-refractivity contribution in [2.45, 2.75) is 20.3 Å². The van der Waals surface area contributed by atoms with E-state index >= 15 is 0 Å². The van der Waals surface area contributed by atoms with Crippen LogP contribution in [0.1, 0.15) is 28.7 Å². The third-order valence-corrected chi connectivity index (χ3v) is 2.39.